The van der Waals surface area contributed by atoms with Crippen LogP contribution in [-0.2, 0) is 0 Å². The van der Waals surface area contributed by atoms with E-state index in [4.69, 9.17) is 0 Å². The third-order valence-corrected chi connectivity index (χ3v) is 6.41. The molecule has 4 bridgehead atoms. The average Bonchev–Trinajstić information content (AvgIpc) is 2.45. The number of fused-ring (bicyclic) bond motifs is 1. The van der Waals surface area contributed by atoms with Crippen LogP contribution < -0.4 is 5.43 Å². The summed E-state index contributed by atoms with van der Waals surface area (Å²) in [6.45, 7) is 0. The van der Waals surface area contributed by atoms with E-state index in [1.165, 1.54) is 49.7 Å². The maximum Gasteiger partial charge on any atom is 0.0752 e. The summed E-state index contributed by atoms with van der Waals surface area (Å²) < 4.78 is 0. The second-order valence-corrected chi connectivity index (χ2v) is 7.73. The zero-order chi connectivity index (χ0) is 13.2. The molecule has 1 heterocycles. The Morgan fingerprint density at radius 3 is 2.30 bits per heavy atom. The fourth-order valence-electron chi connectivity index (χ4n) is 6.14. The minimum absolute atomic E-state index is 0.456. The number of nitrogens with one attached hydrogen (secondary N) is 1. The quantitative estimate of drug-likeness (QED) is 0.819. The average molecular weight is 266 g/mol. The van der Waals surface area contributed by atoms with Crippen LogP contribution in [0.25, 0.3) is 0 Å². The highest BCUT2D eigenvalue weighted by atomic mass is 15.3. The molecule has 0 amide bonds. The minimum atomic E-state index is 0.456. The maximum atomic E-state index is 4.48. The fraction of sp³-hybridized carbons (Fsp3) is 0.611. The van der Waals surface area contributed by atoms with Crippen molar-refractivity contribution >= 4 is 6.21 Å². The summed E-state index contributed by atoms with van der Waals surface area (Å²) in [4.78, 5) is 0. The molecule has 1 atom stereocenters. The van der Waals surface area contributed by atoms with Crippen molar-refractivity contribution in [3.8, 4) is 0 Å². The molecule has 1 aromatic rings. The Morgan fingerprint density at radius 1 is 0.950 bits per heavy atom. The predicted molar refractivity (Wildman–Crippen MR) is 80.5 cm³/mol. The Morgan fingerprint density at radius 2 is 1.60 bits per heavy atom. The van der Waals surface area contributed by atoms with Crippen LogP contribution in [0.15, 0.2) is 29.4 Å². The van der Waals surface area contributed by atoms with Crippen LogP contribution in [0.2, 0.25) is 0 Å². The van der Waals surface area contributed by atoms with Crippen molar-refractivity contribution < 1.29 is 0 Å². The normalized spacial score (nSPS) is 44.2. The van der Waals surface area contributed by atoms with Gasteiger partial charge < -0.3 is 5.43 Å². The summed E-state index contributed by atoms with van der Waals surface area (Å²) in [5.41, 5.74) is 6.81. The number of rotatable bonds is 1. The van der Waals surface area contributed by atoms with Gasteiger partial charge in [0.1, 0.15) is 0 Å². The van der Waals surface area contributed by atoms with Crippen molar-refractivity contribution in [2.75, 3.05) is 0 Å². The predicted octanol–water partition coefficient (Wildman–Crippen LogP) is 3.88. The Labute approximate surface area is 120 Å². The molecular weight excluding hydrogens is 244 g/mol. The topological polar surface area (TPSA) is 24.4 Å². The molecule has 1 N–H and O–H groups in total. The monoisotopic (exact) mass is 266 g/mol. The molecular formula is C18H22N2. The number of hydrazone groups is 1. The van der Waals surface area contributed by atoms with Gasteiger partial charge in [-0.05, 0) is 72.8 Å². The zero-order valence-electron chi connectivity index (χ0n) is 11.9. The van der Waals surface area contributed by atoms with Crippen LogP contribution >= 0.6 is 0 Å². The smallest absolute Gasteiger partial charge is 0.0752 e. The molecule has 5 aliphatic rings. The van der Waals surface area contributed by atoms with Crippen molar-refractivity contribution in [2.24, 2.45) is 28.3 Å². The van der Waals surface area contributed by atoms with E-state index in [1.54, 1.807) is 0 Å². The largest absolute Gasteiger partial charge is 0.302 e. The molecule has 4 fully saturated rings. The van der Waals surface area contributed by atoms with E-state index in [2.05, 4.69) is 34.8 Å². The Bertz CT molecular complexity index is 539. The highest BCUT2D eigenvalue weighted by molar-refractivity contribution is 5.82. The summed E-state index contributed by atoms with van der Waals surface area (Å²) in [6.07, 6.45) is 10.8. The van der Waals surface area contributed by atoms with E-state index in [0.29, 0.717) is 11.5 Å². The molecule has 1 aromatic carbocycles. The van der Waals surface area contributed by atoms with E-state index >= 15 is 0 Å². The van der Waals surface area contributed by atoms with Gasteiger partial charge in [-0.1, -0.05) is 24.3 Å². The van der Waals surface area contributed by atoms with Crippen LogP contribution in [0.3, 0.4) is 0 Å². The van der Waals surface area contributed by atoms with Crippen molar-refractivity contribution in [1.29, 1.82) is 0 Å². The first-order chi connectivity index (χ1) is 9.82. The van der Waals surface area contributed by atoms with Crippen molar-refractivity contribution in [3.63, 3.8) is 0 Å². The number of nitrogens with zero attached hydrogens (tertiary/aromatic N) is 1. The fourth-order valence-corrected chi connectivity index (χ4v) is 6.14. The lowest BCUT2D eigenvalue weighted by Crippen LogP contribution is -2.51. The minimum Gasteiger partial charge on any atom is -0.302 e. The van der Waals surface area contributed by atoms with Crippen LogP contribution in [-0.4, -0.2) is 6.21 Å². The summed E-state index contributed by atoms with van der Waals surface area (Å²) in [5, 5.41) is 4.48. The highest BCUT2D eigenvalue weighted by Crippen LogP contribution is 2.64. The third-order valence-electron chi connectivity index (χ3n) is 6.41. The Kier molecular flexibility index (Phi) is 2.20. The Hall–Kier alpha value is -1.31. The second-order valence-electron chi connectivity index (χ2n) is 7.73. The summed E-state index contributed by atoms with van der Waals surface area (Å²) >= 11 is 0. The number of hydrogen-bond donors (Lipinski definition) is 1. The molecule has 6 rings (SSSR count). The molecule has 1 aliphatic heterocycles. The van der Waals surface area contributed by atoms with Gasteiger partial charge in [-0.15, -0.1) is 0 Å². The van der Waals surface area contributed by atoms with Crippen molar-refractivity contribution in [2.45, 2.75) is 44.6 Å². The van der Waals surface area contributed by atoms with Crippen LogP contribution in [0.1, 0.15) is 55.7 Å². The molecule has 1 unspecified atom stereocenters. The SMILES string of the molecule is C1=NNC(C23CC4CC(CC(C4)C2)C3)c2ccccc21. The molecule has 2 nitrogen and oxygen atoms in total. The van der Waals surface area contributed by atoms with Crippen molar-refractivity contribution in [1.82, 2.24) is 5.43 Å². The van der Waals surface area contributed by atoms with Gasteiger partial charge in [0.05, 0.1) is 12.3 Å². The van der Waals surface area contributed by atoms with Gasteiger partial charge in [0.2, 0.25) is 0 Å². The molecule has 0 saturated heterocycles. The van der Waals surface area contributed by atoms with Crippen LogP contribution in [0.5, 0.6) is 0 Å². The van der Waals surface area contributed by atoms with Gasteiger partial charge >= 0.3 is 0 Å². The van der Waals surface area contributed by atoms with Crippen LogP contribution in [0.4, 0.5) is 0 Å². The van der Waals surface area contributed by atoms with Crippen molar-refractivity contribution in [3.05, 3.63) is 35.4 Å². The van der Waals surface area contributed by atoms with E-state index in [-0.39, 0.29) is 0 Å². The van der Waals surface area contributed by atoms with E-state index in [0.717, 1.165) is 17.8 Å². The maximum absolute atomic E-state index is 4.48. The van der Waals surface area contributed by atoms with E-state index in [9.17, 15) is 0 Å². The standard InChI is InChI=1S/C18H22N2/c1-2-4-16-15(3-1)11-19-20-17(16)18-8-12-5-13(9-18)7-14(6-12)10-18/h1-4,11-14,17,20H,5-10H2. The lowest BCUT2D eigenvalue weighted by Gasteiger charge is -2.59. The molecule has 20 heavy (non-hydrogen) atoms. The summed E-state index contributed by atoms with van der Waals surface area (Å²) in [6, 6.07) is 9.31. The molecule has 0 spiro atoms. The molecule has 0 aromatic heterocycles. The summed E-state index contributed by atoms with van der Waals surface area (Å²) in [7, 11) is 0. The van der Waals surface area contributed by atoms with Gasteiger partial charge in [0, 0.05) is 0 Å². The first-order valence-electron chi connectivity index (χ1n) is 8.20. The number of benzene rings is 1. The number of hydrogen-bond acceptors (Lipinski definition) is 2. The van der Waals surface area contributed by atoms with Gasteiger partial charge in [-0.3, -0.25) is 0 Å². The lowest BCUT2D eigenvalue weighted by molar-refractivity contribution is -0.0750. The molecule has 2 heteroatoms. The third kappa shape index (κ3) is 1.48. The molecule has 104 valence electrons. The lowest BCUT2D eigenvalue weighted by atomic mass is 9.47. The first kappa shape index (κ1) is 11.4. The van der Waals surface area contributed by atoms with Gasteiger partial charge in [-0.25, -0.2) is 0 Å². The van der Waals surface area contributed by atoms with E-state index in [1.807, 2.05) is 6.21 Å². The zero-order valence-corrected chi connectivity index (χ0v) is 11.9. The van der Waals surface area contributed by atoms with Gasteiger partial charge in [0.25, 0.3) is 0 Å². The van der Waals surface area contributed by atoms with Crippen LogP contribution in [0, 0.1) is 23.2 Å². The molecule has 0 radical (unpaired) electrons. The first-order valence-corrected chi connectivity index (χ1v) is 8.20. The Balaban J connectivity index is 1.59. The van der Waals surface area contributed by atoms with E-state index < -0.39 is 0 Å². The molecule has 4 aliphatic carbocycles. The van der Waals surface area contributed by atoms with Gasteiger partial charge in [-0.2, -0.15) is 5.10 Å². The van der Waals surface area contributed by atoms with Gasteiger partial charge in [0.15, 0.2) is 0 Å². The summed E-state index contributed by atoms with van der Waals surface area (Å²) in [5.74, 6) is 3.00. The second kappa shape index (κ2) is 3.87. The highest BCUT2D eigenvalue weighted by Gasteiger charge is 2.55. The molecule has 4 saturated carbocycles.